The maximum absolute atomic E-state index is 11.5. The summed E-state index contributed by atoms with van der Waals surface area (Å²) >= 11 is 0. The lowest BCUT2D eigenvalue weighted by atomic mass is 10.1. The van der Waals surface area contributed by atoms with E-state index >= 15 is 0 Å². The first kappa shape index (κ1) is 17.1. The number of anilines is 1. The standard InChI is InChI=1S/C13H21N3O5S/c1-20-7-8-21-11-4-6-16(9-10(11)17)13-14-5-3-12(15-13)22(2,18)19/h3,5,10-11,17H,4,6-9H2,1-2H3/t10-,11+/m0/s1. The molecule has 2 rings (SSSR count). The smallest absolute Gasteiger partial charge is 0.226 e. The number of hydrogen-bond acceptors (Lipinski definition) is 8. The summed E-state index contributed by atoms with van der Waals surface area (Å²) in [6.07, 6.45) is 2.17. The maximum atomic E-state index is 11.5. The Bertz CT molecular complexity index is 595. The molecule has 124 valence electrons. The second-order valence-corrected chi connectivity index (χ2v) is 7.13. The molecule has 0 aromatic carbocycles. The summed E-state index contributed by atoms with van der Waals surface area (Å²) in [6, 6.07) is 1.36. The number of nitrogens with zero attached hydrogens (tertiary/aromatic N) is 3. The Hall–Kier alpha value is -1.29. The number of aromatic nitrogens is 2. The summed E-state index contributed by atoms with van der Waals surface area (Å²) in [5.74, 6) is 0.303. The van der Waals surface area contributed by atoms with E-state index in [1.54, 1.807) is 12.0 Å². The molecule has 1 aromatic heterocycles. The largest absolute Gasteiger partial charge is 0.389 e. The molecule has 1 N–H and O–H groups in total. The van der Waals surface area contributed by atoms with E-state index in [1.807, 2.05) is 0 Å². The Balaban J connectivity index is 2.01. The number of ether oxygens (including phenoxy) is 2. The molecule has 0 amide bonds. The third kappa shape index (κ3) is 4.35. The van der Waals surface area contributed by atoms with Gasteiger partial charge in [0.1, 0.15) is 0 Å². The van der Waals surface area contributed by atoms with Crippen molar-refractivity contribution in [3.63, 3.8) is 0 Å². The molecule has 0 radical (unpaired) electrons. The van der Waals surface area contributed by atoms with E-state index in [9.17, 15) is 13.5 Å². The summed E-state index contributed by atoms with van der Waals surface area (Å²) in [5, 5.41) is 10.1. The molecule has 0 bridgehead atoms. The summed E-state index contributed by atoms with van der Waals surface area (Å²) in [4.78, 5) is 9.91. The van der Waals surface area contributed by atoms with E-state index in [0.717, 1.165) is 6.26 Å². The van der Waals surface area contributed by atoms with E-state index in [4.69, 9.17) is 9.47 Å². The minimum atomic E-state index is -3.38. The number of methoxy groups -OCH3 is 1. The van der Waals surface area contributed by atoms with Gasteiger partial charge in [0.05, 0.1) is 25.4 Å². The van der Waals surface area contributed by atoms with Crippen LogP contribution in [0.15, 0.2) is 17.3 Å². The van der Waals surface area contributed by atoms with Crippen LogP contribution in [0.3, 0.4) is 0 Å². The van der Waals surface area contributed by atoms with Crippen molar-refractivity contribution < 1.29 is 23.0 Å². The van der Waals surface area contributed by atoms with Gasteiger partial charge in [-0.05, 0) is 12.5 Å². The summed E-state index contributed by atoms with van der Waals surface area (Å²) in [6.45, 7) is 1.79. The quantitative estimate of drug-likeness (QED) is 0.549. The second-order valence-electron chi connectivity index (χ2n) is 5.17. The molecule has 1 aromatic rings. The minimum Gasteiger partial charge on any atom is -0.389 e. The maximum Gasteiger partial charge on any atom is 0.226 e. The fourth-order valence-electron chi connectivity index (χ4n) is 2.26. The highest BCUT2D eigenvalue weighted by Gasteiger charge is 2.29. The molecule has 0 unspecified atom stereocenters. The first-order chi connectivity index (χ1) is 10.4. The van der Waals surface area contributed by atoms with Gasteiger partial charge in [0, 0.05) is 32.7 Å². The van der Waals surface area contributed by atoms with Gasteiger partial charge in [0.25, 0.3) is 0 Å². The average Bonchev–Trinajstić information content (AvgIpc) is 2.48. The highest BCUT2D eigenvalue weighted by Crippen LogP contribution is 2.19. The van der Waals surface area contributed by atoms with Crippen LogP contribution in [0.2, 0.25) is 0 Å². The number of rotatable bonds is 6. The molecule has 1 saturated heterocycles. The molecule has 8 nitrogen and oxygen atoms in total. The number of β-amino-alcohol motifs (C(OH)–C–C–N with tert-alkyl or cyclic N) is 1. The van der Waals surface area contributed by atoms with E-state index < -0.39 is 15.9 Å². The van der Waals surface area contributed by atoms with Crippen LogP contribution in [0.25, 0.3) is 0 Å². The lowest BCUT2D eigenvalue weighted by Crippen LogP contribution is -2.48. The van der Waals surface area contributed by atoms with Crippen LogP contribution in [0.1, 0.15) is 6.42 Å². The highest BCUT2D eigenvalue weighted by molar-refractivity contribution is 7.90. The normalized spacial score (nSPS) is 22.8. The van der Waals surface area contributed by atoms with Crippen molar-refractivity contribution in [3.05, 3.63) is 12.3 Å². The van der Waals surface area contributed by atoms with E-state index in [0.29, 0.717) is 38.7 Å². The molecule has 2 heterocycles. The summed E-state index contributed by atoms with van der Waals surface area (Å²) < 4.78 is 33.6. The van der Waals surface area contributed by atoms with E-state index in [-0.39, 0.29) is 11.1 Å². The zero-order valence-corrected chi connectivity index (χ0v) is 13.5. The third-order valence-electron chi connectivity index (χ3n) is 3.42. The van der Waals surface area contributed by atoms with Gasteiger partial charge in [-0.2, -0.15) is 0 Å². The van der Waals surface area contributed by atoms with Crippen molar-refractivity contribution in [1.82, 2.24) is 9.97 Å². The second kappa shape index (κ2) is 7.32. The van der Waals surface area contributed by atoms with Gasteiger partial charge in [-0.25, -0.2) is 18.4 Å². The molecule has 2 atom stereocenters. The molecule has 9 heteroatoms. The number of piperidine rings is 1. The number of hydrogen-bond donors (Lipinski definition) is 1. The number of sulfone groups is 1. The Morgan fingerprint density at radius 2 is 2.23 bits per heavy atom. The monoisotopic (exact) mass is 331 g/mol. The predicted octanol–water partition coefficient (Wildman–Crippen LogP) is -0.517. The van der Waals surface area contributed by atoms with Crippen molar-refractivity contribution in [2.75, 3.05) is 44.6 Å². The first-order valence-electron chi connectivity index (χ1n) is 6.98. The van der Waals surface area contributed by atoms with Gasteiger partial charge in [0.2, 0.25) is 5.95 Å². The first-order valence-corrected chi connectivity index (χ1v) is 8.87. The van der Waals surface area contributed by atoms with Crippen molar-refractivity contribution in [1.29, 1.82) is 0 Å². The third-order valence-corrected chi connectivity index (χ3v) is 4.41. The molecular weight excluding hydrogens is 310 g/mol. The molecule has 22 heavy (non-hydrogen) atoms. The topological polar surface area (TPSA) is 102 Å². The van der Waals surface area contributed by atoms with Crippen LogP contribution in [-0.2, 0) is 19.3 Å². The van der Waals surface area contributed by atoms with Crippen molar-refractivity contribution in [3.8, 4) is 0 Å². The zero-order chi connectivity index (χ0) is 16.2. The van der Waals surface area contributed by atoms with Crippen molar-refractivity contribution in [2.24, 2.45) is 0 Å². The van der Waals surface area contributed by atoms with Crippen LogP contribution in [-0.4, -0.2) is 75.4 Å². The van der Waals surface area contributed by atoms with Crippen LogP contribution in [0.5, 0.6) is 0 Å². The van der Waals surface area contributed by atoms with Gasteiger partial charge in [-0.1, -0.05) is 0 Å². The van der Waals surface area contributed by atoms with Crippen LogP contribution in [0, 0.1) is 0 Å². The Morgan fingerprint density at radius 1 is 1.45 bits per heavy atom. The van der Waals surface area contributed by atoms with E-state index in [1.165, 1.54) is 12.3 Å². The van der Waals surface area contributed by atoms with Gasteiger partial charge in [0.15, 0.2) is 14.9 Å². The van der Waals surface area contributed by atoms with Gasteiger partial charge in [-0.15, -0.1) is 0 Å². The molecule has 1 aliphatic heterocycles. The Kier molecular flexibility index (Phi) is 5.68. The lowest BCUT2D eigenvalue weighted by Gasteiger charge is -2.35. The molecule has 0 spiro atoms. The molecule has 1 aliphatic rings. The van der Waals surface area contributed by atoms with Crippen molar-refractivity contribution in [2.45, 2.75) is 23.7 Å². The minimum absolute atomic E-state index is 0.0227. The van der Waals surface area contributed by atoms with Crippen molar-refractivity contribution >= 4 is 15.8 Å². The molecule has 1 fully saturated rings. The fourth-order valence-corrected chi connectivity index (χ4v) is 2.82. The molecule has 0 aliphatic carbocycles. The fraction of sp³-hybridized carbons (Fsp3) is 0.692. The van der Waals surface area contributed by atoms with Gasteiger partial charge in [-0.3, -0.25) is 0 Å². The zero-order valence-electron chi connectivity index (χ0n) is 12.7. The lowest BCUT2D eigenvalue weighted by molar-refractivity contribution is -0.0593. The van der Waals surface area contributed by atoms with Crippen LogP contribution >= 0.6 is 0 Å². The van der Waals surface area contributed by atoms with Crippen LogP contribution < -0.4 is 4.90 Å². The number of aliphatic hydroxyl groups is 1. The van der Waals surface area contributed by atoms with Crippen LogP contribution in [0.4, 0.5) is 5.95 Å². The summed E-state index contributed by atoms with van der Waals surface area (Å²) in [7, 11) is -1.79. The Morgan fingerprint density at radius 3 is 2.86 bits per heavy atom. The summed E-state index contributed by atoms with van der Waals surface area (Å²) in [5.41, 5.74) is 0. The molecule has 0 saturated carbocycles. The number of aliphatic hydroxyl groups excluding tert-OH is 1. The molecular formula is C13H21N3O5S. The average molecular weight is 331 g/mol. The predicted molar refractivity (Wildman–Crippen MR) is 79.6 cm³/mol. The Labute approximate surface area is 130 Å². The SMILES string of the molecule is COCCO[C@@H]1CCN(c2nccc(S(C)(=O)=O)n2)C[C@@H]1O. The van der Waals surface area contributed by atoms with Gasteiger partial charge < -0.3 is 19.5 Å². The highest BCUT2D eigenvalue weighted by atomic mass is 32.2. The van der Waals surface area contributed by atoms with Gasteiger partial charge >= 0.3 is 0 Å². The van der Waals surface area contributed by atoms with E-state index in [2.05, 4.69) is 9.97 Å².